The van der Waals surface area contributed by atoms with E-state index < -0.39 is 0 Å². The normalized spacial score (nSPS) is 15.5. The third kappa shape index (κ3) is 8.65. The molecule has 0 aliphatic heterocycles. The van der Waals surface area contributed by atoms with Crippen LogP contribution in [0, 0.1) is 11.8 Å². The molecule has 0 fully saturated rings. The predicted molar refractivity (Wildman–Crippen MR) is 87.7 cm³/mol. The van der Waals surface area contributed by atoms with Crippen molar-refractivity contribution in [3.8, 4) is 0 Å². The van der Waals surface area contributed by atoms with Gasteiger partial charge in [-0.05, 0) is 57.7 Å². The number of nitrogens with one attached hydrogen (secondary N) is 1. The molecule has 0 aliphatic rings. The highest BCUT2D eigenvalue weighted by molar-refractivity contribution is 4.80. The number of nitrogens with zero attached hydrogens (tertiary/aromatic N) is 1. The van der Waals surface area contributed by atoms with Gasteiger partial charge in [-0.2, -0.15) is 0 Å². The molecular weight excluding hydrogens is 232 g/mol. The van der Waals surface area contributed by atoms with E-state index in [4.69, 9.17) is 0 Å². The van der Waals surface area contributed by atoms with Gasteiger partial charge in [0.1, 0.15) is 0 Å². The quantitative estimate of drug-likeness (QED) is 0.606. The summed E-state index contributed by atoms with van der Waals surface area (Å²) >= 11 is 0. The van der Waals surface area contributed by atoms with E-state index in [2.05, 4.69) is 58.7 Å². The summed E-state index contributed by atoms with van der Waals surface area (Å²) < 4.78 is 0. The second kappa shape index (κ2) is 10.7. The van der Waals surface area contributed by atoms with Crippen molar-refractivity contribution >= 4 is 0 Å². The molecule has 0 amide bonds. The molecule has 0 bridgehead atoms. The fraction of sp³-hybridized carbons (Fsp3) is 1.00. The summed E-state index contributed by atoms with van der Waals surface area (Å²) in [5, 5.41) is 3.65. The maximum atomic E-state index is 3.65. The fourth-order valence-corrected chi connectivity index (χ4v) is 2.54. The van der Waals surface area contributed by atoms with E-state index in [1.807, 2.05) is 0 Å². The van der Waals surface area contributed by atoms with Crippen LogP contribution < -0.4 is 5.32 Å². The topological polar surface area (TPSA) is 15.3 Å². The Bertz CT molecular complexity index is 189. The minimum atomic E-state index is 0.629. The molecule has 2 heteroatoms. The van der Waals surface area contributed by atoms with Crippen LogP contribution in [0.15, 0.2) is 0 Å². The molecule has 0 rings (SSSR count). The maximum Gasteiger partial charge on any atom is 0.0220 e. The first-order chi connectivity index (χ1) is 8.92. The lowest BCUT2D eigenvalue weighted by atomic mass is 10.0. The highest BCUT2D eigenvalue weighted by atomic mass is 15.2. The summed E-state index contributed by atoms with van der Waals surface area (Å²) in [5.41, 5.74) is 0. The summed E-state index contributed by atoms with van der Waals surface area (Å²) in [6.07, 6.45) is 3.84. The SMILES string of the molecule is CCNC(CC)C(C)N(CCC(C)C)CCC(C)C. The monoisotopic (exact) mass is 270 g/mol. The molecule has 116 valence electrons. The molecule has 0 aliphatic carbocycles. The van der Waals surface area contributed by atoms with Gasteiger partial charge in [-0.25, -0.2) is 0 Å². The second-order valence-electron chi connectivity index (χ2n) is 6.71. The molecule has 2 nitrogen and oxygen atoms in total. The van der Waals surface area contributed by atoms with Crippen LogP contribution in [0.5, 0.6) is 0 Å². The first-order valence-corrected chi connectivity index (χ1v) is 8.39. The average Bonchev–Trinajstić information content (AvgIpc) is 2.34. The zero-order valence-electron chi connectivity index (χ0n) is 14.5. The van der Waals surface area contributed by atoms with E-state index >= 15 is 0 Å². The average molecular weight is 271 g/mol. The van der Waals surface area contributed by atoms with E-state index in [-0.39, 0.29) is 0 Å². The predicted octanol–water partition coefficient (Wildman–Crippen LogP) is 4.16. The maximum absolute atomic E-state index is 3.65. The molecule has 19 heavy (non-hydrogen) atoms. The van der Waals surface area contributed by atoms with Crippen molar-refractivity contribution in [1.82, 2.24) is 10.2 Å². The summed E-state index contributed by atoms with van der Waals surface area (Å²) in [5.74, 6) is 1.60. The molecule has 0 aromatic carbocycles. The highest BCUT2D eigenvalue weighted by Gasteiger charge is 2.21. The number of hydrogen-bond donors (Lipinski definition) is 1. The lowest BCUT2D eigenvalue weighted by molar-refractivity contribution is 0.151. The summed E-state index contributed by atoms with van der Waals surface area (Å²) in [4.78, 5) is 2.71. The van der Waals surface area contributed by atoms with E-state index in [0.29, 0.717) is 12.1 Å². The molecule has 1 N–H and O–H groups in total. The van der Waals surface area contributed by atoms with Gasteiger partial charge >= 0.3 is 0 Å². The van der Waals surface area contributed by atoms with Crippen molar-refractivity contribution in [2.75, 3.05) is 19.6 Å². The molecule has 0 radical (unpaired) electrons. The van der Waals surface area contributed by atoms with Gasteiger partial charge in [-0.1, -0.05) is 41.5 Å². The highest BCUT2D eigenvalue weighted by Crippen LogP contribution is 2.13. The summed E-state index contributed by atoms with van der Waals surface area (Å²) in [7, 11) is 0. The van der Waals surface area contributed by atoms with Crippen molar-refractivity contribution in [2.45, 2.75) is 79.8 Å². The fourth-order valence-electron chi connectivity index (χ4n) is 2.54. The molecule has 2 unspecified atom stereocenters. The largest absolute Gasteiger partial charge is 0.313 e. The van der Waals surface area contributed by atoms with Crippen LogP contribution in [-0.4, -0.2) is 36.6 Å². The van der Waals surface area contributed by atoms with Gasteiger partial charge in [0.25, 0.3) is 0 Å². The Labute approximate surface area is 122 Å². The number of likely N-dealkylation sites (N-methyl/N-ethyl adjacent to an activating group) is 1. The number of rotatable bonds is 11. The van der Waals surface area contributed by atoms with Gasteiger partial charge in [0, 0.05) is 12.1 Å². The summed E-state index contributed by atoms with van der Waals surface area (Å²) in [6.45, 7) is 19.8. The van der Waals surface area contributed by atoms with E-state index in [9.17, 15) is 0 Å². The van der Waals surface area contributed by atoms with Crippen LogP contribution in [0.1, 0.15) is 67.7 Å². The van der Waals surface area contributed by atoms with Crippen LogP contribution in [0.2, 0.25) is 0 Å². The van der Waals surface area contributed by atoms with Gasteiger partial charge in [0.15, 0.2) is 0 Å². The molecule has 0 aromatic heterocycles. The molecule has 0 spiro atoms. The Kier molecular flexibility index (Phi) is 10.6. The third-order valence-corrected chi connectivity index (χ3v) is 4.05. The second-order valence-corrected chi connectivity index (χ2v) is 6.71. The van der Waals surface area contributed by atoms with Crippen molar-refractivity contribution < 1.29 is 0 Å². The Morgan fingerprint density at radius 2 is 1.32 bits per heavy atom. The first-order valence-electron chi connectivity index (χ1n) is 8.39. The molecule has 0 heterocycles. The molecular formula is C17H38N2. The van der Waals surface area contributed by atoms with Crippen LogP contribution >= 0.6 is 0 Å². The van der Waals surface area contributed by atoms with Crippen LogP contribution in [0.25, 0.3) is 0 Å². The van der Waals surface area contributed by atoms with Crippen LogP contribution in [0.4, 0.5) is 0 Å². The Hall–Kier alpha value is -0.0800. The number of hydrogen-bond acceptors (Lipinski definition) is 2. The lowest BCUT2D eigenvalue weighted by Gasteiger charge is -2.35. The van der Waals surface area contributed by atoms with Crippen LogP contribution in [-0.2, 0) is 0 Å². The smallest absolute Gasteiger partial charge is 0.0220 e. The molecule has 0 saturated carbocycles. The molecule has 0 saturated heterocycles. The van der Waals surface area contributed by atoms with Crippen molar-refractivity contribution in [2.24, 2.45) is 11.8 Å². The Morgan fingerprint density at radius 1 is 0.842 bits per heavy atom. The zero-order chi connectivity index (χ0) is 14.8. The van der Waals surface area contributed by atoms with Gasteiger partial charge in [-0.15, -0.1) is 0 Å². The van der Waals surface area contributed by atoms with E-state index in [1.54, 1.807) is 0 Å². The first kappa shape index (κ1) is 18.9. The van der Waals surface area contributed by atoms with Gasteiger partial charge < -0.3 is 5.32 Å². The van der Waals surface area contributed by atoms with Crippen molar-refractivity contribution in [1.29, 1.82) is 0 Å². The standard InChI is InChI=1S/C17H38N2/c1-8-17(18-9-2)16(7)19(12-10-14(3)4)13-11-15(5)6/h14-18H,8-13H2,1-7H3. The van der Waals surface area contributed by atoms with E-state index in [1.165, 1.54) is 32.4 Å². The third-order valence-electron chi connectivity index (χ3n) is 4.05. The summed E-state index contributed by atoms with van der Waals surface area (Å²) in [6, 6.07) is 1.27. The minimum Gasteiger partial charge on any atom is -0.313 e. The Balaban J connectivity index is 4.49. The molecule has 2 atom stereocenters. The van der Waals surface area contributed by atoms with Crippen molar-refractivity contribution in [3.05, 3.63) is 0 Å². The van der Waals surface area contributed by atoms with Gasteiger partial charge in [-0.3, -0.25) is 4.90 Å². The van der Waals surface area contributed by atoms with Gasteiger partial charge in [0.2, 0.25) is 0 Å². The van der Waals surface area contributed by atoms with Crippen LogP contribution in [0.3, 0.4) is 0 Å². The van der Waals surface area contributed by atoms with E-state index in [0.717, 1.165) is 18.4 Å². The zero-order valence-corrected chi connectivity index (χ0v) is 14.5. The lowest BCUT2D eigenvalue weighted by Crippen LogP contribution is -2.49. The Morgan fingerprint density at radius 3 is 1.63 bits per heavy atom. The minimum absolute atomic E-state index is 0.629. The van der Waals surface area contributed by atoms with Gasteiger partial charge in [0.05, 0.1) is 0 Å². The molecule has 0 aromatic rings. The van der Waals surface area contributed by atoms with Crippen molar-refractivity contribution in [3.63, 3.8) is 0 Å².